The lowest BCUT2D eigenvalue weighted by Crippen LogP contribution is -2.65. The minimum absolute atomic E-state index is 0.213. The molecule has 0 aliphatic carbocycles. The van der Waals surface area contributed by atoms with Gasteiger partial charge in [0.15, 0.2) is 12.6 Å². The summed E-state index contributed by atoms with van der Waals surface area (Å²) in [6.07, 6.45) is 7.07. The summed E-state index contributed by atoms with van der Waals surface area (Å²) < 4.78 is 22.6. The van der Waals surface area contributed by atoms with E-state index in [1.807, 2.05) is 0 Å². The molecule has 0 saturated carbocycles. The van der Waals surface area contributed by atoms with Crippen LogP contribution in [0.4, 0.5) is 0 Å². The summed E-state index contributed by atoms with van der Waals surface area (Å²) in [6, 6.07) is -0.817. The number of aliphatic hydroxyl groups is 8. The number of hydrogen-bond donors (Lipinski definition) is 9. The normalized spacial score (nSPS) is 30.0. The first-order chi connectivity index (χ1) is 26.1. The van der Waals surface area contributed by atoms with Gasteiger partial charge in [-0.15, -0.1) is 0 Å². The van der Waals surface area contributed by atoms with Crippen LogP contribution in [0, 0.1) is 0 Å². The number of hydrogen-bond acceptors (Lipinski definition) is 13. The highest BCUT2D eigenvalue weighted by Gasteiger charge is 2.50. The molecule has 14 nitrogen and oxygen atoms in total. The first kappa shape index (κ1) is 49.1. The summed E-state index contributed by atoms with van der Waals surface area (Å²) >= 11 is 0. The van der Waals surface area contributed by atoms with Crippen molar-refractivity contribution in [2.75, 3.05) is 19.8 Å². The lowest BCUT2D eigenvalue weighted by Gasteiger charge is -2.46. The molecule has 0 aromatic rings. The van der Waals surface area contributed by atoms with Crippen LogP contribution in [0.15, 0.2) is 0 Å². The van der Waals surface area contributed by atoms with Gasteiger partial charge in [0, 0.05) is 6.42 Å². The molecule has 14 heteroatoms. The third-order valence-electron chi connectivity index (χ3n) is 10.8. The lowest BCUT2D eigenvalue weighted by molar-refractivity contribution is -0.359. The van der Waals surface area contributed by atoms with Crippen molar-refractivity contribution in [1.29, 1.82) is 0 Å². The highest BCUT2D eigenvalue weighted by Crippen LogP contribution is 2.30. The molecule has 9 N–H and O–H groups in total. The van der Waals surface area contributed by atoms with Crippen LogP contribution < -0.4 is 5.32 Å². The maximum Gasteiger partial charge on any atom is 0.220 e. The molecule has 0 aromatic heterocycles. The second-order valence-electron chi connectivity index (χ2n) is 15.5. The molecule has 0 aromatic carbocycles. The van der Waals surface area contributed by atoms with E-state index in [9.17, 15) is 45.6 Å². The number of unbranched alkanes of at least 4 members (excludes halogenated alkanes) is 18. The molecule has 2 heterocycles. The van der Waals surface area contributed by atoms with E-state index in [1.165, 1.54) is 77.0 Å². The Morgan fingerprint density at radius 1 is 0.593 bits per heavy atom. The number of aliphatic hydroxyl groups excluding tert-OH is 8. The second-order valence-corrected chi connectivity index (χ2v) is 15.5. The molecule has 0 radical (unpaired) electrons. The van der Waals surface area contributed by atoms with Crippen molar-refractivity contribution in [2.24, 2.45) is 0 Å². The summed E-state index contributed by atoms with van der Waals surface area (Å²) in [5.41, 5.74) is 0. The Kier molecular flexibility index (Phi) is 26.6. The minimum Gasteiger partial charge on any atom is -0.394 e. The highest BCUT2D eigenvalue weighted by molar-refractivity contribution is 5.76. The number of carbonyl (C=O) groups is 1. The number of nitrogens with one attached hydrogen (secondary N) is 1. The second kappa shape index (κ2) is 29.2. The molecule has 320 valence electrons. The molecular formula is C40H77NO13. The van der Waals surface area contributed by atoms with E-state index >= 15 is 0 Å². The van der Waals surface area contributed by atoms with Crippen LogP contribution in [-0.2, 0) is 23.7 Å². The molecule has 2 aliphatic rings. The quantitative estimate of drug-likeness (QED) is 0.0462. The molecule has 2 rings (SSSR count). The van der Waals surface area contributed by atoms with Crippen LogP contribution in [0.1, 0.15) is 155 Å². The molecule has 2 saturated heterocycles. The summed E-state index contributed by atoms with van der Waals surface area (Å²) in [7, 11) is 0. The van der Waals surface area contributed by atoms with Gasteiger partial charge in [0.2, 0.25) is 5.91 Å². The Bertz CT molecular complexity index is 930. The van der Waals surface area contributed by atoms with Crippen molar-refractivity contribution < 1.29 is 64.6 Å². The fourth-order valence-electron chi connectivity index (χ4n) is 7.23. The third kappa shape index (κ3) is 18.1. The lowest BCUT2D eigenvalue weighted by atomic mass is 9.97. The van der Waals surface area contributed by atoms with Crippen LogP contribution in [0.5, 0.6) is 0 Å². The van der Waals surface area contributed by atoms with E-state index in [0.29, 0.717) is 12.8 Å². The van der Waals surface area contributed by atoms with Gasteiger partial charge >= 0.3 is 0 Å². The summed E-state index contributed by atoms with van der Waals surface area (Å²) in [5, 5.41) is 86.3. The minimum atomic E-state index is -1.78. The van der Waals surface area contributed by atoms with E-state index in [4.69, 9.17) is 18.9 Å². The predicted octanol–water partition coefficient (Wildman–Crippen LogP) is 3.09. The monoisotopic (exact) mass is 780 g/mol. The standard InChI is InChI=1S/C40H77NO13/c1-3-5-7-9-11-13-14-15-16-17-19-21-23-29(44)28(41-32(45)24-22-20-18-12-10-8-6-4-2)27-51-39-37(50)35(48)38(31(26-43)53-39)54-40-36(49)34(47)33(46)30(25-42)52-40/h28-31,33-40,42-44,46-50H,3-27H2,1-2H3,(H,41,45)/t28-,29+,30+,31+,33-,34?,35?,36?,37?,38+,39+,40-/m0/s1. The van der Waals surface area contributed by atoms with Crippen LogP contribution >= 0.6 is 0 Å². The zero-order valence-electron chi connectivity index (χ0n) is 33.2. The Morgan fingerprint density at radius 2 is 1.06 bits per heavy atom. The molecule has 0 bridgehead atoms. The summed E-state index contributed by atoms with van der Waals surface area (Å²) in [6.45, 7) is 2.78. The number of carbonyl (C=O) groups excluding carboxylic acids is 1. The van der Waals surface area contributed by atoms with Gasteiger partial charge < -0.3 is 65.1 Å². The maximum atomic E-state index is 13.0. The van der Waals surface area contributed by atoms with Crippen molar-refractivity contribution >= 4 is 5.91 Å². The number of ether oxygens (including phenoxy) is 4. The smallest absolute Gasteiger partial charge is 0.220 e. The van der Waals surface area contributed by atoms with Crippen LogP contribution in [0.25, 0.3) is 0 Å². The Balaban J connectivity index is 1.91. The fourth-order valence-corrected chi connectivity index (χ4v) is 7.23. The van der Waals surface area contributed by atoms with E-state index < -0.39 is 86.8 Å². The summed E-state index contributed by atoms with van der Waals surface area (Å²) in [4.78, 5) is 13.0. The average molecular weight is 780 g/mol. The zero-order chi connectivity index (χ0) is 39.7. The first-order valence-corrected chi connectivity index (χ1v) is 21.3. The van der Waals surface area contributed by atoms with Crippen LogP contribution in [0.2, 0.25) is 0 Å². The van der Waals surface area contributed by atoms with Crippen molar-refractivity contribution in [3.8, 4) is 0 Å². The first-order valence-electron chi connectivity index (χ1n) is 21.3. The topological polar surface area (TPSA) is 228 Å². The van der Waals surface area contributed by atoms with Crippen molar-refractivity contribution in [3.63, 3.8) is 0 Å². The van der Waals surface area contributed by atoms with Crippen LogP contribution in [-0.4, -0.2) is 140 Å². The Hall–Kier alpha value is -1.01. The SMILES string of the molecule is CCCCCCCCCCCCCC[C@@H](O)[C@H](CO[C@@H]1O[C@H](CO)[C@@H](O[C@@H]2O[C@H](CO)[C@H](O)C(O)C2O)C(O)C1O)NC(=O)CCCCCCCCCC. The van der Waals surface area contributed by atoms with Gasteiger partial charge in [0.05, 0.1) is 32.0 Å². The largest absolute Gasteiger partial charge is 0.394 e. The zero-order valence-corrected chi connectivity index (χ0v) is 33.2. The molecule has 1 amide bonds. The molecule has 54 heavy (non-hydrogen) atoms. The van der Waals surface area contributed by atoms with Gasteiger partial charge in [-0.05, 0) is 12.8 Å². The number of amides is 1. The predicted molar refractivity (Wildman–Crippen MR) is 203 cm³/mol. The van der Waals surface area contributed by atoms with Gasteiger partial charge in [0.25, 0.3) is 0 Å². The molecule has 2 fully saturated rings. The van der Waals surface area contributed by atoms with E-state index in [2.05, 4.69) is 19.2 Å². The van der Waals surface area contributed by atoms with E-state index in [1.54, 1.807) is 0 Å². The summed E-state index contributed by atoms with van der Waals surface area (Å²) in [5.74, 6) is -0.213. The van der Waals surface area contributed by atoms with Gasteiger partial charge in [-0.25, -0.2) is 0 Å². The van der Waals surface area contributed by atoms with Crippen molar-refractivity contribution in [3.05, 3.63) is 0 Å². The number of rotatable bonds is 31. The third-order valence-corrected chi connectivity index (χ3v) is 10.8. The molecule has 12 atom stereocenters. The average Bonchev–Trinajstić information content (AvgIpc) is 3.17. The van der Waals surface area contributed by atoms with E-state index in [-0.39, 0.29) is 12.5 Å². The Morgan fingerprint density at radius 3 is 1.57 bits per heavy atom. The van der Waals surface area contributed by atoms with E-state index in [0.717, 1.165) is 51.4 Å². The molecular weight excluding hydrogens is 702 g/mol. The highest BCUT2D eigenvalue weighted by atomic mass is 16.7. The Labute approximate surface area is 323 Å². The van der Waals surface area contributed by atoms with Gasteiger partial charge in [-0.1, -0.05) is 136 Å². The maximum absolute atomic E-state index is 13.0. The van der Waals surface area contributed by atoms with Crippen molar-refractivity contribution in [2.45, 2.75) is 229 Å². The fraction of sp³-hybridized carbons (Fsp3) is 0.975. The van der Waals surface area contributed by atoms with Crippen molar-refractivity contribution in [1.82, 2.24) is 5.32 Å². The molecule has 0 spiro atoms. The van der Waals surface area contributed by atoms with Gasteiger partial charge in [0.1, 0.15) is 48.8 Å². The van der Waals surface area contributed by atoms with Gasteiger partial charge in [-0.3, -0.25) is 4.79 Å². The molecule has 2 aliphatic heterocycles. The molecule has 4 unspecified atom stereocenters. The van der Waals surface area contributed by atoms with Gasteiger partial charge in [-0.2, -0.15) is 0 Å². The van der Waals surface area contributed by atoms with Crippen LogP contribution in [0.3, 0.4) is 0 Å².